The Morgan fingerprint density at radius 1 is 1.64 bits per heavy atom. The third kappa shape index (κ3) is 1.89. The van der Waals surface area contributed by atoms with Gasteiger partial charge in [0.2, 0.25) is 0 Å². The predicted octanol–water partition coefficient (Wildman–Crippen LogP) is 0.694. The Morgan fingerprint density at radius 3 is 2.91 bits per heavy atom. The van der Waals surface area contributed by atoms with Crippen LogP contribution in [0.25, 0.3) is 0 Å². The lowest BCUT2D eigenvalue weighted by Crippen LogP contribution is -2.21. The van der Waals surface area contributed by atoms with Crippen LogP contribution in [-0.2, 0) is 0 Å². The SMILES string of the molecule is NC[C@H](N)c1cnccc1Cl. The molecule has 11 heavy (non-hydrogen) atoms. The second-order valence-corrected chi connectivity index (χ2v) is 2.65. The van der Waals surface area contributed by atoms with Gasteiger partial charge in [-0.05, 0) is 6.07 Å². The summed E-state index contributed by atoms with van der Waals surface area (Å²) in [6.45, 7) is 0.380. The number of hydrogen-bond donors (Lipinski definition) is 2. The largest absolute Gasteiger partial charge is 0.329 e. The quantitative estimate of drug-likeness (QED) is 0.689. The molecule has 0 amide bonds. The summed E-state index contributed by atoms with van der Waals surface area (Å²) in [6, 6.07) is 1.49. The summed E-state index contributed by atoms with van der Waals surface area (Å²) < 4.78 is 0. The summed E-state index contributed by atoms with van der Waals surface area (Å²) in [5, 5.41) is 0.623. The van der Waals surface area contributed by atoms with Gasteiger partial charge in [0, 0.05) is 35.6 Å². The molecular formula is C7H10ClN3. The monoisotopic (exact) mass is 171 g/mol. The topological polar surface area (TPSA) is 64.9 Å². The summed E-state index contributed by atoms with van der Waals surface area (Å²) in [4.78, 5) is 3.89. The van der Waals surface area contributed by atoms with E-state index >= 15 is 0 Å². The molecule has 1 aromatic heterocycles. The minimum Gasteiger partial charge on any atom is -0.329 e. The third-order valence-electron chi connectivity index (χ3n) is 1.45. The highest BCUT2D eigenvalue weighted by Gasteiger charge is 2.06. The van der Waals surface area contributed by atoms with Crippen LogP contribution in [0.1, 0.15) is 11.6 Å². The van der Waals surface area contributed by atoms with Crippen molar-refractivity contribution in [1.29, 1.82) is 0 Å². The van der Waals surface area contributed by atoms with Gasteiger partial charge in [0.05, 0.1) is 0 Å². The number of nitrogens with two attached hydrogens (primary N) is 2. The fraction of sp³-hybridized carbons (Fsp3) is 0.286. The van der Waals surface area contributed by atoms with Crippen molar-refractivity contribution in [3.8, 4) is 0 Å². The number of pyridine rings is 1. The zero-order valence-corrected chi connectivity index (χ0v) is 6.75. The number of nitrogens with zero attached hydrogens (tertiary/aromatic N) is 1. The van der Waals surface area contributed by atoms with Crippen molar-refractivity contribution >= 4 is 11.6 Å². The average Bonchev–Trinajstić information content (AvgIpc) is 2.04. The van der Waals surface area contributed by atoms with E-state index in [1.807, 2.05) is 0 Å². The molecule has 3 nitrogen and oxygen atoms in total. The second kappa shape index (κ2) is 3.67. The molecule has 0 aliphatic carbocycles. The van der Waals surface area contributed by atoms with Gasteiger partial charge in [-0.2, -0.15) is 0 Å². The molecule has 0 saturated heterocycles. The maximum absolute atomic E-state index is 5.82. The summed E-state index contributed by atoms with van der Waals surface area (Å²) in [7, 11) is 0. The Kier molecular flexibility index (Phi) is 2.82. The van der Waals surface area contributed by atoms with Gasteiger partial charge in [-0.25, -0.2) is 0 Å². The lowest BCUT2D eigenvalue weighted by molar-refractivity contribution is 0.733. The van der Waals surface area contributed by atoms with Gasteiger partial charge >= 0.3 is 0 Å². The molecule has 0 spiro atoms. The van der Waals surface area contributed by atoms with E-state index in [9.17, 15) is 0 Å². The molecule has 60 valence electrons. The Morgan fingerprint density at radius 2 is 2.36 bits per heavy atom. The second-order valence-electron chi connectivity index (χ2n) is 2.24. The van der Waals surface area contributed by atoms with Gasteiger partial charge in [0.15, 0.2) is 0 Å². The van der Waals surface area contributed by atoms with Crippen molar-refractivity contribution in [1.82, 2.24) is 4.98 Å². The summed E-state index contributed by atoms with van der Waals surface area (Å²) in [6.07, 6.45) is 3.26. The molecular weight excluding hydrogens is 162 g/mol. The molecule has 0 unspecified atom stereocenters. The van der Waals surface area contributed by atoms with Crippen molar-refractivity contribution in [3.05, 3.63) is 29.0 Å². The normalized spacial score (nSPS) is 13.0. The summed E-state index contributed by atoms with van der Waals surface area (Å²) in [5.41, 5.74) is 11.8. The Balaban J connectivity index is 2.93. The van der Waals surface area contributed by atoms with Crippen LogP contribution in [0.3, 0.4) is 0 Å². The van der Waals surface area contributed by atoms with Crippen LogP contribution in [0.15, 0.2) is 18.5 Å². The highest BCUT2D eigenvalue weighted by molar-refractivity contribution is 6.31. The van der Waals surface area contributed by atoms with Crippen molar-refractivity contribution in [2.24, 2.45) is 11.5 Å². The highest BCUT2D eigenvalue weighted by Crippen LogP contribution is 2.18. The molecule has 1 rings (SSSR count). The highest BCUT2D eigenvalue weighted by atomic mass is 35.5. The van der Waals surface area contributed by atoms with Gasteiger partial charge in [-0.3, -0.25) is 4.98 Å². The molecule has 0 aliphatic heterocycles. The molecule has 0 fully saturated rings. The van der Waals surface area contributed by atoms with E-state index < -0.39 is 0 Å². The van der Waals surface area contributed by atoms with Gasteiger partial charge in [0.25, 0.3) is 0 Å². The van der Waals surface area contributed by atoms with E-state index in [0.717, 1.165) is 5.56 Å². The molecule has 1 aromatic rings. The Labute approximate surface area is 70.4 Å². The summed E-state index contributed by atoms with van der Waals surface area (Å²) in [5.74, 6) is 0. The van der Waals surface area contributed by atoms with Gasteiger partial charge in [0.1, 0.15) is 0 Å². The van der Waals surface area contributed by atoms with Crippen LogP contribution in [0.5, 0.6) is 0 Å². The van der Waals surface area contributed by atoms with Crippen LogP contribution in [0, 0.1) is 0 Å². The van der Waals surface area contributed by atoms with Crippen LogP contribution < -0.4 is 11.5 Å². The van der Waals surface area contributed by atoms with Gasteiger partial charge in [-0.15, -0.1) is 0 Å². The first kappa shape index (κ1) is 8.46. The third-order valence-corrected chi connectivity index (χ3v) is 1.79. The zero-order valence-electron chi connectivity index (χ0n) is 6.00. The van der Waals surface area contributed by atoms with Crippen molar-refractivity contribution in [3.63, 3.8) is 0 Å². The lowest BCUT2D eigenvalue weighted by atomic mass is 10.1. The van der Waals surface area contributed by atoms with E-state index in [2.05, 4.69) is 4.98 Å². The van der Waals surface area contributed by atoms with E-state index in [-0.39, 0.29) is 6.04 Å². The van der Waals surface area contributed by atoms with Crippen molar-refractivity contribution < 1.29 is 0 Å². The Bertz CT molecular complexity index is 239. The van der Waals surface area contributed by atoms with Crippen LogP contribution in [-0.4, -0.2) is 11.5 Å². The Hall–Kier alpha value is -0.640. The van der Waals surface area contributed by atoms with E-state index in [4.69, 9.17) is 23.1 Å². The predicted molar refractivity (Wildman–Crippen MR) is 45.2 cm³/mol. The first-order valence-corrected chi connectivity index (χ1v) is 3.68. The molecule has 4 heteroatoms. The fourth-order valence-electron chi connectivity index (χ4n) is 0.790. The number of aromatic nitrogens is 1. The maximum atomic E-state index is 5.82. The molecule has 4 N–H and O–H groups in total. The number of rotatable bonds is 2. The number of halogens is 1. The standard InChI is InChI=1S/C7H10ClN3/c8-6-1-2-11-4-5(6)7(10)3-9/h1-2,4,7H,3,9-10H2/t7-/m0/s1. The van der Waals surface area contributed by atoms with Crippen LogP contribution >= 0.6 is 11.6 Å². The van der Waals surface area contributed by atoms with Crippen molar-refractivity contribution in [2.75, 3.05) is 6.54 Å². The average molecular weight is 172 g/mol. The molecule has 1 atom stereocenters. The maximum Gasteiger partial charge on any atom is 0.0484 e. The molecule has 0 saturated carbocycles. The minimum atomic E-state index is -0.212. The molecule has 0 radical (unpaired) electrons. The summed E-state index contributed by atoms with van der Waals surface area (Å²) >= 11 is 5.82. The van der Waals surface area contributed by atoms with E-state index in [1.165, 1.54) is 0 Å². The van der Waals surface area contributed by atoms with Gasteiger partial charge in [-0.1, -0.05) is 11.6 Å². The smallest absolute Gasteiger partial charge is 0.0484 e. The molecule has 0 aromatic carbocycles. The first-order chi connectivity index (χ1) is 5.25. The van der Waals surface area contributed by atoms with Crippen molar-refractivity contribution in [2.45, 2.75) is 6.04 Å². The minimum absolute atomic E-state index is 0.212. The molecule has 0 aliphatic rings. The van der Waals surface area contributed by atoms with Crippen LogP contribution in [0.2, 0.25) is 5.02 Å². The van der Waals surface area contributed by atoms with Crippen LogP contribution in [0.4, 0.5) is 0 Å². The first-order valence-electron chi connectivity index (χ1n) is 3.30. The lowest BCUT2D eigenvalue weighted by Gasteiger charge is -2.09. The van der Waals surface area contributed by atoms with E-state index in [0.29, 0.717) is 11.6 Å². The molecule has 1 heterocycles. The zero-order chi connectivity index (χ0) is 8.27. The van der Waals surface area contributed by atoms with E-state index in [1.54, 1.807) is 18.5 Å². The molecule has 0 bridgehead atoms. The number of hydrogen-bond acceptors (Lipinski definition) is 3. The fourth-order valence-corrected chi connectivity index (χ4v) is 1.03. The van der Waals surface area contributed by atoms with Gasteiger partial charge < -0.3 is 11.5 Å².